The number of para-hydroxylation sites is 1. The van der Waals surface area contributed by atoms with Crippen LogP contribution in [0.15, 0.2) is 29.4 Å². The summed E-state index contributed by atoms with van der Waals surface area (Å²) in [7, 11) is 0. The number of anilines is 1. The van der Waals surface area contributed by atoms with Crippen LogP contribution in [0.5, 0.6) is 0 Å². The Morgan fingerprint density at radius 1 is 1.04 bits per heavy atom. The molecule has 24 heavy (non-hydrogen) atoms. The van der Waals surface area contributed by atoms with Crippen molar-refractivity contribution in [2.45, 2.75) is 26.7 Å². The molecule has 0 aliphatic heterocycles. The molecule has 0 fully saturated rings. The molecule has 0 spiro atoms. The fourth-order valence-corrected chi connectivity index (χ4v) is 1.79. The monoisotopic (exact) mass is 335 g/mol. The third kappa shape index (κ3) is 6.47. The maximum absolute atomic E-state index is 12.1. The normalized spacial score (nSPS) is 9.75. The van der Waals surface area contributed by atoms with Gasteiger partial charge in [0.2, 0.25) is 0 Å². The number of carbonyl (C=O) groups excluding carboxylic acids is 3. The number of hydrogen-bond acceptors (Lipinski definition) is 7. The summed E-state index contributed by atoms with van der Waals surface area (Å²) >= 11 is 0. The van der Waals surface area contributed by atoms with Crippen molar-refractivity contribution in [1.82, 2.24) is 5.43 Å². The molecule has 0 saturated carbocycles. The second kappa shape index (κ2) is 9.98. The van der Waals surface area contributed by atoms with Gasteiger partial charge in [-0.25, -0.2) is 5.43 Å². The van der Waals surface area contributed by atoms with E-state index in [1.807, 2.05) is 0 Å². The van der Waals surface area contributed by atoms with Crippen LogP contribution in [0.25, 0.3) is 0 Å². The van der Waals surface area contributed by atoms with E-state index in [0.717, 1.165) is 0 Å². The highest BCUT2D eigenvalue weighted by atomic mass is 16.5. The van der Waals surface area contributed by atoms with Gasteiger partial charge in [-0.15, -0.1) is 0 Å². The summed E-state index contributed by atoms with van der Waals surface area (Å²) in [4.78, 5) is 35.2. The van der Waals surface area contributed by atoms with Gasteiger partial charge in [-0.05, 0) is 26.0 Å². The lowest BCUT2D eigenvalue weighted by atomic mass is 10.2. The minimum absolute atomic E-state index is 0.134. The standard InChI is InChI=1S/C16H21N3O5/c1-3-23-14(20)9-11(10-15(21)24-4-2)18-19-16(22)12-7-5-6-8-13(12)17/h5-8H,3-4,9-10,17H2,1-2H3,(H,19,22). The van der Waals surface area contributed by atoms with E-state index in [2.05, 4.69) is 10.5 Å². The van der Waals surface area contributed by atoms with Crippen molar-refractivity contribution in [2.75, 3.05) is 18.9 Å². The van der Waals surface area contributed by atoms with Gasteiger partial charge in [0.25, 0.3) is 5.91 Å². The Morgan fingerprint density at radius 2 is 1.58 bits per heavy atom. The molecule has 0 bridgehead atoms. The Bertz CT molecular complexity index is 606. The molecule has 1 aromatic carbocycles. The second-order valence-electron chi connectivity index (χ2n) is 4.67. The highest BCUT2D eigenvalue weighted by Crippen LogP contribution is 2.10. The number of esters is 2. The first-order valence-electron chi connectivity index (χ1n) is 7.49. The topological polar surface area (TPSA) is 120 Å². The molecule has 0 aliphatic rings. The van der Waals surface area contributed by atoms with E-state index in [4.69, 9.17) is 15.2 Å². The van der Waals surface area contributed by atoms with Crippen molar-refractivity contribution in [3.8, 4) is 0 Å². The molecule has 8 heteroatoms. The zero-order valence-electron chi connectivity index (χ0n) is 13.7. The third-order valence-corrected chi connectivity index (χ3v) is 2.83. The molecule has 0 aromatic heterocycles. The van der Waals surface area contributed by atoms with Crippen molar-refractivity contribution in [1.29, 1.82) is 0 Å². The Balaban J connectivity index is 2.82. The summed E-state index contributed by atoms with van der Waals surface area (Å²) < 4.78 is 9.64. The largest absolute Gasteiger partial charge is 0.466 e. The van der Waals surface area contributed by atoms with E-state index >= 15 is 0 Å². The molecule has 1 amide bonds. The average Bonchev–Trinajstić information content (AvgIpc) is 2.53. The third-order valence-electron chi connectivity index (χ3n) is 2.83. The van der Waals surface area contributed by atoms with Crippen LogP contribution in [0, 0.1) is 0 Å². The van der Waals surface area contributed by atoms with Crippen LogP contribution < -0.4 is 11.2 Å². The van der Waals surface area contributed by atoms with Crippen molar-refractivity contribution in [3.63, 3.8) is 0 Å². The molecule has 0 aliphatic carbocycles. The number of nitrogens with one attached hydrogen (secondary N) is 1. The Labute approximate surface area is 140 Å². The second-order valence-corrected chi connectivity index (χ2v) is 4.67. The van der Waals surface area contributed by atoms with Crippen LogP contribution in [0.1, 0.15) is 37.0 Å². The molecule has 0 radical (unpaired) electrons. The quantitative estimate of drug-likeness (QED) is 0.319. The summed E-state index contributed by atoms with van der Waals surface area (Å²) in [5.41, 5.74) is 8.67. The molecule has 0 heterocycles. The van der Waals surface area contributed by atoms with Crippen LogP contribution >= 0.6 is 0 Å². The fraction of sp³-hybridized carbons (Fsp3) is 0.375. The number of ether oxygens (including phenoxy) is 2. The SMILES string of the molecule is CCOC(=O)CC(CC(=O)OCC)=NNC(=O)c1ccccc1N. The van der Waals surface area contributed by atoms with Gasteiger partial charge >= 0.3 is 11.9 Å². The van der Waals surface area contributed by atoms with E-state index in [-0.39, 0.29) is 37.3 Å². The molecule has 130 valence electrons. The smallest absolute Gasteiger partial charge is 0.311 e. The molecular formula is C16H21N3O5. The van der Waals surface area contributed by atoms with Crippen molar-refractivity contribution < 1.29 is 23.9 Å². The van der Waals surface area contributed by atoms with Gasteiger partial charge in [0, 0.05) is 5.69 Å². The maximum atomic E-state index is 12.1. The first-order valence-corrected chi connectivity index (χ1v) is 7.49. The Hall–Kier alpha value is -2.90. The number of benzene rings is 1. The van der Waals surface area contributed by atoms with Crippen LogP contribution in [0.3, 0.4) is 0 Å². The molecule has 0 atom stereocenters. The maximum Gasteiger partial charge on any atom is 0.311 e. The van der Waals surface area contributed by atoms with Crippen molar-refractivity contribution in [3.05, 3.63) is 29.8 Å². The number of rotatable bonds is 8. The minimum atomic E-state index is -0.547. The van der Waals surface area contributed by atoms with Crippen molar-refractivity contribution in [2.24, 2.45) is 5.10 Å². The van der Waals surface area contributed by atoms with Crippen LogP contribution in [-0.4, -0.2) is 36.8 Å². The summed E-state index contributed by atoms with van der Waals surface area (Å²) in [5.74, 6) is -1.64. The number of nitrogens with zero attached hydrogens (tertiary/aromatic N) is 1. The number of hydrogen-bond donors (Lipinski definition) is 2. The zero-order chi connectivity index (χ0) is 17.9. The molecule has 1 rings (SSSR count). The first kappa shape index (κ1) is 19.1. The van der Waals surface area contributed by atoms with Gasteiger partial charge in [0.05, 0.1) is 37.3 Å². The van der Waals surface area contributed by atoms with E-state index in [9.17, 15) is 14.4 Å². The summed E-state index contributed by atoms with van der Waals surface area (Å²) in [5, 5.41) is 3.85. The van der Waals surface area contributed by atoms with Gasteiger partial charge < -0.3 is 15.2 Å². The number of carbonyl (C=O) groups is 3. The van der Waals surface area contributed by atoms with Crippen LogP contribution in [-0.2, 0) is 19.1 Å². The zero-order valence-corrected chi connectivity index (χ0v) is 13.7. The summed E-state index contributed by atoms with van der Waals surface area (Å²) in [6, 6.07) is 6.47. The Morgan fingerprint density at radius 3 is 2.08 bits per heavy atom. The number of amides is 1. The van der Waals surface area contributed by atoms with E-state index in [1.54, 1.807) is 32.0 Å². The summed E-state index contributed by atoms with van der Waals surface area (Å²) in [6.07, 6.45) is -0.450. The van der Waals surface area contributed by atoms with E-state index < -0.39 is 17.8 Å². The van der Waals surface area contributed by atoms with Gasteiger partial charge in [-0.1, -0.05) is 12.1 Å². The Kier molecular flexibility index (Phi) is 7.97. The molecule has 3 N–H and O–H groups in total. The predicted octanol–water partition coefficient (Wildman–Crippen LogP) is 1.26. The van der Waals surface area contributed by atoms with Crippen molar-refractivity contribution >= 4 is 29.2 Å². The fourth-order valence-electron chi connectivity index (χ4n) is 1.79. The van der Waals surface area contributed by atoms with Gasteiger partial charge in [-0.2, -0.15) is 5.10 Å². The highest BCUT2D eigenvalue weighted by molar-refractivity contribution is 6.07. The summed E-state index contributed by atoms with van der Waals surface area (Å²) in [6.45, 7) is 3.75. The van der Waals surface area contributed by atoms with Crippen LogP contribution in [0.4, 0.5) is 5.69 Å². The van der Waals surface area contributed by atoms with Gasteiger partial charge in [0.15, 0.2) is 0 Å². The van der Waals surface area contributed by atoms with Crippen LogP contribution in [0.2, 0.25) is 0 Å². The minimum Gasteiger partial charge on any atom is -0.466 e. The average molecular weight is 335 g/mol. The molecule has 1 aromatic rings. The number of nitrogens with two attached hydrogens (primary N) is 1. The molecule has 8 nitrogen and oxygen atoms in total. The number of hydrazone groups is 1. The van der Waals surface area contributed by atoms with E-state index in [0.29, 0.717) is 5.69 Å². The lowest BCUT2D eigenvalue weighted by molar-refractivity contribution is -0.141. The lowest BCUT2D eigenvalue weighted by Gasteiger charge is -2.08. The predicted molar refractivity (Wildman–Crippen MR) is 88.3 cm³/mol. The lowest BCUT2D eigenvalue weighted by Crippen LogP contribution is -2.24. The molecular weight excluding hydrogens is 314 g/mol. The van der Waals surface area contributed by atoms with E-state index in [1.165, 1.54) is 6.07 Å². The highest BCUT2D eigenvalue weighted by Gasteiger charge is 2.15. The molecule has 0 saturated heterocycles. The number of nitrogen functional groups attached to an aromatic ring is 1. The van der Waals surface area contributed by atoms with Gasteiger partial charge in [-0.3, -0.25) is 14.4 Å². The molecule has 0 unspecified atom stereocenters. The van der Waals surface area contributed by atoms with Gasteiger partial charge in [0.1, 0.15) is 0 Å². The first-order chi connectivity index (χ1) is 11.5.